The minimum absolute atomic E-state index is 0.0304. The van der Waals surface area contributed by atoms with Crippen LogP contribution in [0.1, 0.15) is 26.3 Å². The van der Waals surface area contributed by atoms with Gasteiger partial charge >= 0.3 is 5.69 Å². The zero-order valence-corrected chi connectivity index (χ0v) is 23.2. The first-order chi connectivity index (χ1) is 19.5. The van der Waals surface area contributed by atoms with Crippen molar-refractivity contribution < 1.29 is 18.4 Å². The van der Waals surface area contributed by atoms with Gasteiger partial charge in [0.25, 0.3) is 11.5 Å². The molecular weight excluding hydrogens is 558 g/mol. The van der Waals surface area contributed by atoms with Crippen LogP contribution in [0.3, 0.4) is 0 Å². The van der Waals surface area contributed by atoms with Gasteiger partial charge in [-0.05, 0) is 19.1 Å². The number of rotatable bonds is 8. The lowest BCUT2D eigenvalue weighted by Crippen LogP contribution is -2.41. The number of amides is 1. The van der Waals surface area contributed by atoms with Crippen LogP contribution in [-0.2, 0) is 23.2 Å². The van der Waals surface area contributed by atoms with E-state index in [0.29, 0.717) is 35.3 Å². The summed E-state index contributed by atoms with van der Waals surface area (Å²) in [6, 6.07) is 2.69. The predicted octanol–water partition coefficient (Wildman–Crippen LogP) is 2.30. The Labute approximate surface area is 235 Å². The number of hydrogen-bond donors (Lipinski definition) is 1. The molecule has 0 radical (unpaired) electrons. The lowest BCUT2D eigenvalue weighted by molar-refractivity contribution is -0.120. The molecule has 1 aliphatic heterocycles. The number of thiazole rings is 1. The number of Topliss-reactive ketones (excluding diaryl/α,β-unsaturated/α-hetero) is 1. The minimum atomic E-state index is -2.55. The third-order valence-electron chi connectivity index (χ3n) is 7.86. The Hall–Kier alpha value is -4.27. The van der Waals surface area contributed by atoms with Gasteiger partial charge in [-0.2, -0.15) is 0 Å². The number of carbonyl (C=O) groups is 2. The van der Waals surface area contributed by atoms with Crippen LogP contribution in [0, 0.1) is 11.8 Å². The quantitative estimate of drug-likeness (QED) is 0.333. The summed E-state index contributed by atoms with van der Waals surface area (Å²) in [6.07, 6.45) is 3.11. The van der Waals surface area contributed by atoms with Crippen molar-refractivity contribution in [2.45, 2.75) is 38.8 Å². The second-order valence-electron chi connectivity index (χ2n) is 10.3. The smallest absolute Gasteiger partial charge is 0.332 e. The highest BCUT2D eigenvalue weighted by atomic mass is 32.1. The zero-order chi connectivity index (χ0) is 29.2. The van der Waals surface area contributed by atoms with E-state index in [-0.39, 0.29) is 29.9 Å². The molecule has 0 bridgehead atoms. The number of imidazole rings is 1. The maximum atomic E-state index is 13.5. The Kier molecular flexibility index (Phi) is 6.36. The van der Waals surface area contributed by atoms with E-state index < -0.39 is 41.0 Å². The molecule has 4 aromatic rings. The number of pyridine rings is 1. The number of alkyl halides is 2. The summed E-state index contributed by atoms with van der Waals surface area (Å²) in [4.78, 5) is 65.9. The summed E-state index contributed by atoms with van der Waals surface area (Å²) in [5, 5.41) is 5.02. The van der Waals surface area contributed by atoms with Gasteiger partial charge in [0.1, 0.15) is 22.7 Å². The summed E-state index contributed by atoms with van der Waals surface area (Å²) in [7, 11) is 1.45. The van der Waals surface area contributed by atoms with Crippen molar-refractivity contribution in [1.82, 2.24) is 28.7 Å². The number of nitrogens with one attached hydrogen (secondary N) is 1. The van der Waals surface area contributed by atoms with Gasteiger partial charge in [0, 0.05) is 43.7 Å². The molecule has 3 atom stereocenters. The number of aromatic nitrogens is 6. The predicted molar refractivity (Wildman–Crippen MR) is 147 cm³/mol. The molecule has 15 heteroatoms. The Morgan fingerprint density at radius 1 is 1.20 bits per heavy atom. The van der Waals surface area contributed by atoms with Crippen LogP contribution in [-0.4, -0.2) is 59.4 Å². The van der Waals surface area contributed by atoms with E-state index in [1.165, 1.54) is 33.8 Å². The molecule has 1 saturated carbocycles. The highest BCUT2D eigenvalue weighted by molar-refractivity contribution is 7.13. The van der Waals surface area contributed by atoms with Crippen LogP contribution in [0.25, 0.3) is 21.7 Å². The monoisotopic (exact) mass is 584 g/mol. The number of nitrogens with zero attached hydrogens (tertiary/aromatic N) is 7. The molecule has 0 aromatic carbocycles. The average Bonchev–Trinajstić information content (AvgIpc) is 3.55. The minimum Gasteiger partial charge on any atom is -0.356 e. The number of ketones is 1. The molecule has 4 aromatic heterocycles. The Morgan fingerprint density at radius 2 is 1.93 bits per heavy atom. The van der Waals surface area contributed by atoms with E-state index in [4.69, 9.17) is 0 Å². The summed E-state index contributed by atoms with van der Waals surface area (Å²) >= 11 is 1.30. The molecule has 214 valence electrons. The number of piperidine rings is 1. The largest absolute Gasteiger partial charge is 0.356 e. The maximum Gasteiger partial charge on any atom is 0.332 e. The van der Waals surface area contributed by atoms with Gasteiger partial charge < -0.3 is 14.8 Å². The molecular formula is C26H26F2N8O4S. The average molecular weight is 585 g/mol. The molecule has 41 heavy (non-hydrogen) atoms. The molecule has 1 N–H and O–H groups in total. The molecule has 2 aliphatic rings. The molecule has 5 heterocycles. The van der Waals surface area contributed by atoms with Crippen molar-refractivity contribution in [1.29, 1.82) is 0 Å². The maximum absolute atomic E-state index is 13.5. The van der Waals surface area contributed by atoms with E-state index in [1.807, 2.05) is 11.0 Å². The first-order valence-corrected chi connectivity index (χ1v) is 13.9. The van der Waals surface area contributed by atoms with Crippen molar-refractivity contribution in [3.05, 3.63) is 50.9 Å². The summed E-state index contributed by atoms with van der Waals surface area (Å²) in [6.45, 7) is 3.45. The van der Waals surface area contributed by atoms with Gasteiger partial charge in [-0.3, -0.25) is 23.5 Å². The van der Waals surface area contributed by atoms with E-state index in [2.05, 4.69) is 20.3 Å². The number of carbonyl (C=O) groups excluding carboxylic acids is 2. The van der Waals surface area contributed by atoms with Crippen molar-refractivity contribution in [2.24, 2.45) is 18.9 Å². The topological polar surface area (TPSA) is 137 Å². The third kappa shape index (κ3) is 4.44. The van der Waals surface area contributed by atoms with Crippen molar-refractivity contribution in [3.8, 4) is 10.6 Å². The van der Waals surface area contributed by atoms with Gasteiger partial charge in [-0.15, -0.1) is 11.3 Å². The summed E-state index contributed by atoms with van der Waals surface area (Å²) < 4.78 is 30.4. The fourth-order valence-corrected chi connectivity index (χ4v) is 5.97. The number of anilines is 2. The molecule has 12 nitrogen and oxygen atoms in total. The number of halogens is 2. The Bertz CT molecular complexity index is 1790. The van der Waals surface area contributed by atoms with Crippen LogP contribution in [0.5, 0.6) is 0 Å². The second kappa shape index (κ2) is 9.68. The van der Waals surface area contributed by atoms with Gasteiger partial charge in [0.05, 0.1) is 24.7 Å². The van der Waals surface area contributed by atoms with E-state index in [0.717, 1.165) is 4.57 Å². The van der Waals surface area contributed by atoms with Gasteiger partial charge in [0.2, 0.25) is 5.91 Å². The molecule has 1 aliphatic carbocycles. The second-order valence-corrected chi connectivity index (χ2v) is 11.2. The van der Waals surface area contributed by atoms with Crippen molar-refractivity contribution in [2.75, 3.05) is 23.3 Å². The van der Waals surface area contributed by atoms with Gasteiger partial charge in [-0.25, -0.2) is 28.5 Å². The zero-order valence-electron chi connectivity index (χ0n) is 22.4. The van der Waals surface area contributed by atoms with Crippen LogP contribution in [0.4, 0.5) is 20.4 Å². The fraction of sp³-hybridized carbons (Fsp3) is 0.423. The lowest BCUT2D eigenvalue weighted by Gasteiger charge is -2.20. The number of fused-ring (bicyclic) bond motifs is 2. The first kappa shape index (κ1) is 26.9. The molecule has 1 amide bonds. The molecule has 1 saturated heterocycles. The number of hydrogen-bond acceptors (Lipinski definition) is 9. The SMILES string of the molecule is CCC(=O)Cn1c(=O)c2c(ncn2C(C)C(=O)Nc2csc(-c3ccc(N4CC5C(C4)C5(F)F)nc3)n2)n(C)c1=O. The summed E-state index contributed by atoms with van der Waals surface area (Å²) in [5.74, 6) is -3.53. The highest BCUT2D eigenvalue weighted by Crippen LogP contribution is 2.59. The van der Waals surface area contributed by atoms with E-state index >= 15 is 0 Å². The van der Waals surface area contributed by atoms with Crippen molar-refractivity contribution in [3.63, 3.8) is 0 Å². The van der Waals surface area contributed by atoms with Crippen LogP contribution in [0.15, 0.2) is 39.6 Å². The van der Waals surface area contributed by atoms with Crippen LogP contribution >= 0.6 is 11.3 Å². The van der Waals surface area contributed by atoms with Crippen LogP contribution < -0.4 is 21.5 Å². The van der Waals surface area contributed by atoms with Gasteiger partial charge in [-0.1, -0.05) is 6.92 Å². The summed E-state index contributed by atoms with van der Waals surface area (Å²) in [5.41, 5.74) is -0.517. The van der Waals surface area contributed by atoms with Crippen molar-refractivity contribution >= 4 is 45.8 Å². The van der Waals surface area contributed by atoms with E-state index in [1.54, 1.807) is 31.5 Å². The molecule has 0 spiro atoms. The standard InChI is InChI=1S/C26H26F2N8O4S/c1-4-15(37)8-35-24(39)20-21(33(3)25(35)40)30-12-36(20)13(2)22(38)31-18-11-41-23(32-18)14-5-6-19(29-7-14)34-9-16-17(10-34)26(16,27)28/h5-7,11-13,16-17H,4,8-10H2,1-3H3,(H,31,38). The van der Waals surface area contributed by atoms with Gasteiger partial charge in [0.15, 0.2) is 16.9 Å². The molecule has 2 fully saturated rings. The first-order valence-electron chi connectivity index (χ1n) is 13.0. The normalized spacial score (nSPS) is 19.8. The number of aryl methyl sites for hydroxylation is 1. The lowest BCUT2D eigenvalue weighted by atomic mass is 10.3. The Balaban J connectivity index is 1.18. The fourth-order valence-electron chi connectivity index (χ4n) is 5.23. The molecule has 6 rings (SSSR count). The van der Waals surface area contributed by atoms with E-state index in [9.17, 15) is 28.0 Å². The molecule has 3 unspecified atom stereocenters. The third-order valence-corrected chi connectivity index (χ3v) is 8.75. The van der Waals surface area contributed by atoms with Crippen LogP contribution in [0.2, 0.25) is 0 Å². The highest BCUT2D eigenvalue weighted by Gasteiger charge is 2.71. The Morgan fingerprint density at radius 3 is 2.59 bits per heavy atom.